The molecule has 4 heteroatoms. The molecule has 0 radical (unpaired) electrons. The Morgan fingerprint density at radius 1 is 1.27 bits per heavy atom. The van der Waals surface area contributed by atoms with Gasteiger partial charge in [-0.15, -0.1) is 0 Å². The van der Waals surface area contributed by atoms with Crippen molar-refractivity contribution in [1.29, 1.82) is 0 Å². The summed E-state index contributed by atoms with van der Waals surface area (Å²) in [6, 6.07) is 0. The summed E-state index contributed by atoms with van der Waals surface area (Å²) < 4.78 is 5.24. The summed E-state index contributed by atoms with van der Waals surface area (Å²) in [5, 5.41) is 0. The highest BCUT2D eigenvalue weighted by atomic mass is 16.6. The lowest BCUT2D eigenvalue weighted by Crippen LogP contribution is -2.42. The van der Waals surface area contributed by atoms with E-state index in [2.05, 4.69) is 0 Å². The second-order valence-electron chi connectivity index (χ2n) is 5.70. The second-order valence-corrected chi connectivity index (χ2v) is 5.70. The monoisotopic (exact) mass is 216 g/mol. The molecule has 0 aliphatic carbocycles. The van der Waals surface area contributed by atoms with Crippen LogP contribution in [0.3, 0.4) is 0 Å². The van der Waals surface area contributed by atoms with E-state index >= 15 is 0 Å². The Hall–Kier alpha value is -0.770. The second kappa shape index (κ2) is 4.84. The first kappa shape index (κ1) is 14.2. The average Bonchev–Trinajstić information content (AvgIpc) is 2.00. The highest BCUT2D eigenvalue weighted by molar-refractivity contribution is 5.67. The summed E-state index contributed by atoms with van der Waals surface area (Å²) in [6.07, 6.45) is -0.302. The molecule has 0 atom stereocenters. The zero-order valence-electron chi connectivity index (χ0n) is 10.8. The fraction of sp³-hybridized carbons (Fsp3) is 0.909. The van der Waals surface area contributed by atoms with Crippen LogP contribution in [0.15, 0.2) is 0 Å². The summed E-state index contributed by atoms with van der Waals surface area (Å²) in [5.74, 6) is 0. The van der Waals surface area contributed by atoms with Gasteiger partial charge in [0.25, 0.3) is 0 Å². The third-order valence-corrected chi connectivity index (χ3v) is 1.92. The van der Waals surface area contributed by atoms with E-state index in [-0.39, 0.29) is 11.5 Å². The molecule has 1 amide bonds. The van der Waals surface area contributed by atoms with Gasteiger partial charge in [-0.3, -0.25) is 0 Å². The van der Waals surface area contributed by atoms with Crippen LogP contribution in [0.25, 0.3) is 0 Å². The maximum atomic E-state index is 11.6. The van der Waals surface area contributed by atoms with E-state index in [0.29, 0.717) is 13.1 Å². The van der Waals surface area contributed by atoms with Crippen molar-refractivity contribution in [1.82, 2.24) is 4.90 Å². The standard InChI is InChI=1S/C11H24N2O2/c1-10(2,3)15-9(14)13(6)8-11(4,5)7-12/h7-8,12H2,1-6H3. The largest absolute Gasteiger partial charge is 0.444 e. The van der Waals surface area contributed by atoms with Crippen molar-refractivity contribution in [3.63, 3.8) is 0 Å². The molecular weight excluding hydrogens is 192 g/mol. The molecule has 0 spiro atoms. The van der Waals surface area contributed by atoms with Gasteiger partial charge < -0.3 is 15.4 Å². The molecule has 2 N–H and O–H groups in total. The maximum Gasteiger partial charge on any atom is 0.410 e. The van der Waals surface area contributed by atoms with Gasteiger partial charge in [-0.25, -0.2) is 4.79 Å². The summed E-state index contributed by atoms with van der Waals surface area (Å²) in [6.45, 7) is 10.7. The van der Waals surface area contributed by atoms with Gasteiger partial charge in [-0.05, 0) is 32.7 Å². The lowest BCUT2D eigenvalue weighted by Gasteiger charge is -2.30. The smallest absolute Gasteiger partial charge is 0.410 e. The van der Waals surface area contributed by atoms with E-state index in [4.69, 9.17) is 10.5 Å². The van der Waals surface area contributed by atoms with Crippen LogP contribution in [0.5, 0.6) is 0 Å². The van der Waals surface area contributed by atoms with Gasteiger partial charge in [0.15, 0.2) is 0 Å². The molecule has 0 aromatic carbocycles. The van der Waals surface area contributed by atoms with Crippen molar-refractivity contribution in [3.05, 3.63) is 0 Å². The number of rotatable bonds is 3. The molecule has 0 aliphatic rings. The first-order chi connectivity index (χ1) is 6.57. The minimum Gasteiger partial charge on any atom is -0.444 e. The van der Waals surface area contributed by atoms with Crippen molar-refractivity contribution in [2.24, 2.45) is 11.1 Å². The van der Waals surface area contributed by atoms with Gasteiger partial charge in [-0.1, -0.05) is 13.8 Å². The van der Waals surface area contributed by atoms with Crippen LogP contribution in [0, 0.1) is 5.41 Å². The molecule has 15 heavy (non-hydrogen) atoms. The van der Waals surface area contributed by atoms with E-state index in [0.717, 1.165) is 0 Å². The Kier molecular flexibility index (Phi) is 4.59. The quantitative estimate of drug-likeness (QED) is 0.783. The summed E-state index contributed by atoms with van der Waals surface area (Å²) in [5.41, 5.74) is 5.08. The topological polar surface area (TPSA) is 55.6 Å². The SMILES string of the molecule is CN(CC(C)(C)CN)C(=O)OC(C)(C)C. The van der Waals surface area contributed by atoms with E-state index in [1.807, 2.05) is 34.6 Å². The first-order valence-corrected chi connectivity index (χ1v) is 5.21. The molecule has 0 bridgehead atoms. The molecule has 0 aliphatic heterocycles. The summed E-state index contributed by atoms with van der Waals surface area (Å²) in [7, 11) is 1.73. The molecule has 90 valence electrons. The highest BCUT2D eigenvalue weighted by Crippen LogP contribution is 2.16. The summed E-state index contributed by atoms with van der Waals surface area (Å²) >= 11 is 0. The van der Waals surface area contributed by atoms with Crippen LogP contribution in [-0.4, -0.2) is 36.7 Å². The van der Waals surface area contributed by atoms with Crippen molar-refractivity contribution in [2.45, 2.75) is 40.2 Å². The van der Waals surface area contributed by atoms with Gasteiger partial charge in [0.2, 0.25) is 0 Å². The predicted molar refractivity (Wildman–Crippen MR) is 61.7 cm³/mol. The van der Waals surface area contributed by atoms with Gasteiger partial charge in [0.1, 0.15) is 5.60 Å². The van der Waals surface area contributed by atoms with Gasteiger partial charge in [0.05, 0.1) is 0 Å². The number of hydrogen-bond donors (Lipinski definition) is 1. The van der Waals surface area contributed by atoms with E-state index in [1.54, 1.807) is 11.9 Å². The number of nitrogens with zero attached hydrogens (tertiary/aromatic N) is 1. The Labute approximate surface area is 92.8 Å². The lowest BCUT2D eigenvalue weighted by molar-refractivity contribution is 0.0241. The highest BCUT2D eigenvalue weighted by Gasteiger charge is 2.24. The van der Waals surface area contributed by atoms with E-state index in [9.17, 15) is 4.79 Å². The number of ether oxygens (including phenoxy) is 1. The first-order valence-electron chi connectivity index (χ1n) is 5.21. The van der Waals surface area contributed by atoms with Gasteiger partial charge in [-0.2, -0.15) is 0 Å². The van der Waals surface area contributed by atoms with Gasteiger partial charge >= 0.3 is 6.09 Å². The average molecular weight is 216 g/mol. The Balaban J connectivity index is 4.23. The minimum atomic E-state index is -0.446. The van der Waals surface area contributed by atoms with Crippen molar-refractivity contribution in [2.75, 3.05) is 20.1 Å². The third-order valence-electron chi connectivity index (χ3n) is 1.92. The predicted octanol–water partition coefficient (Wildman–Crippen LogP) is 1.84. The fourth-order valence-corrected chi connectivity index (χ4v) is 1.11. The fourth-order valence-electron chi connectivity index (χ4n) is 1.11. The van der Waals surface area contributed by atoms with Crippen molar-refractivity contribution < 1.29 is 9.53 Å². The molecule has 0 saturated heterocycles. The van der Waals surface area contributed by atoms with Crippen LogP contribution in [0.1, 0.15) is 34.6 Å². The molecule has 0 heterocycles. The molecule has 4 nitrogen and oxygen atoms in total. The molecule has 0 saturated carbocycles. The van der Waals surface area contributed by atoms with Crippen LogP contribution in [0.2, 0.25) is 0 Å². The maximum absolute atomic E-state index is 11.6. The molecular formula is C11H24N2O2. The number of nitrogens with two attached hydrogens (primary N) is 1. The number of hydrogen-bond acceptors (Lipinski definition) is 3. The third kappa shape index (κ3) is 6.33. The van der Waals surface area contributed by atoms with Crippen LogP contribution >= 0.6 is 0 Å². The minimum absolute atomic E-state index is 0.0777. The Morgan fingerprint density at radius 3 is 2.07 bits per heavy atom. The lowest BCUT2D eigenvalue weighted by atomic mass is 9.93. The Morgan fingerprint density at radius 2 is 1.73 bits per heavy atom. The Bertz CT molecular complexity index is 219. The number of amides is 1. The molecule has 0 aromatic heterocycles. The van der Waals surface area contributed by atoms with E-state index in [1.165, 1.54) is 0 Å². The number of carbonyl (C=O) groups is 1. The summed E-state index contributed by atoms with van der Waals surface area (Å²) in [4.78, 5) is 13.2. The van der Waals surface area contributed by atoms with Gasteiger partial charge in [0, 0.05) is 13.6 Å². The number of carbonyl (C=O) groups excluding carboxylic acids is 1. The molecule has 0 fully saturated rings. The van der Waals surface area contributed by atoms with Crippen LogP contribution in [0.4, 0.5) is 4.79 Å². The van der Waals surface area contributed by atoms with Crippen molar-refractivity contribution >= 4 is 6.09 Å². The molecule has 0 aromatic rings. The molecule has 0 rings (SSSR count). The normalized spacial score (nSPS) is 12.5. The van der Waals surface area contributed by atoms with Crippen molar-refractivity contribution in [3.8, 4) is 0 Å². The zero-order valence-corrected chi connectivity index (χ0v) is 10.8. The zero-order chi connectivity index (χ0) is 12.3. The van der Waals surface area contributed by atoms with Crippen LogP contribution < -0.4 is 5.73 Å². The van der Waals surface area contributed by atoms with E-state index < -0.39 is 5.60 Å². The molecule has 0 unspecified atom stereocenters. The van der Waals surface area contributed by atoms with Crippen LogP contribution in [-0.2, 0) is 4.74 Å².